The van der Waals surface area contributed by atoms with Crippen LogP contribution in [0.25, 0.3) is 0 Å². The quantitative estimate of drug-likeness (QED) is 0.615. The van der Waals surface area contributed by atoms with E-state index >= 15 is 0 Å². The second-order valence-electron chi connectivity index (χ2n) is 8.06. The molecule has 0 saturated heterocycles. The molecule has 170 valence electrons. The number of amides is 1. The molecule has 0 bridgehead atoms. The van der Waals surface area contributed by atoms with E-state index in [1.165, 1.54) is 0 Å². The summed E-state index contributed by atoms with van der Waals surface area (Å²) in [7, 11) is 4.71. The maximum absolute atomic E-state index is 12.6. The van der Waals surface area contributed by atoms with E-state index in [0.717, 1.165) is 11.1 Å². The molecule has 0 aliphatic heterocycles. The molecule has 0 radical (unpaired) electrons. The molecule has 2 aromatic carbocycles. The molecule has 0 aliphatic carbocycles. The van der Waals surface area contributed by atoms with Crippen LogP contribution in [0.5, 0.6) is 17.2 Å². The Morgan fingerprint density at radius 2 is 1.65 bits per heavy atom. The maximum atomic E-state index is 12.6. The van der Waals surface area contributed by atoms with Crippen LogP contribution in [0.2, 0.25) is 0 Å². The van der Waals surface area contributed by atoms with Crippen molar-refractivity contribution < 1.29 is 28.5 Å². The molecule has 2 aromatic rings. The average Bonchev–Trinajstić information content (AvgIpc) is 2.72. The van der Waals surface area contributed by atoms with Crippen molar-refractivity contribution in [2.45, 2.75) is 45.9 Å². The SMILES string of the molecule is COc1cc([C@@H](COCc2ccccc2)NC(=O)OC(C)(C)C)c(OC)c(OC)c1C. The highest BCUT2D eigenvalue weighted by molar-refractivity contribution is 5.69. The second kappa shape index (κ2) is 10.9. The molecule has 0 unspecified atom stereocenters. The molecule has 0 spiro atoms. The van der Waals surface area contributed by atoms with Crippen LogP contribution in [0.4, 0.5) is 4.79 Å². The van der Waals surface area contributed by atoms with Gasteiger partial charge in [-0.05, 0) is 39.3 Å². The minimum Gasteiger partial charge on any atom is -0.496 e. The number of benzene rings is 2. The summed E-state index contributed by atoms with van der Waals surface area (Å²) in [6.07, 6.45) is -0.554. The van der Waals surface area contributed by atoms with Gasteiger partial charge >= 0.3 is 6.09 Å². The van der Waals surface area contributed by atoms with Gasteiger partial charge in [0.15, 0.2) is 11.5 Å². The molecule has 0 aliphatic rings. The normalized spacial score (nSPS) is 12.1. The number of ether oxygens (including phenoxy) is 5. The van der Waals surface area contributed by atoms with Crippen molar-refractivity contribution in [3.05, 3.63) is 53.1 Å². The zero-order valence-corrected chi connectivity index (χ0v) is 19.4. The summed E-state index contributed by atoms with van der Waals surface area (Å²) in [4.78, 5) is 12.6. The highest BCUT2D eigenvalue weighted by Gasteiger charge is 2.27. The van der Waals surface area contributed by atoms with E-state index in [1.54, 1.807) is 21.3 Å². The summed E-state index contributed by atoms with van der Waals surface area (Å²) < 4.78 is 28.1. The number of carbonyl (C=O) groups is 1. The van der Waals surface area contributed by atoms with E-state index in [4.69, 9.17) is 23.7 Å². The van der Waals surface area contributed by atoms with Crippen molar-refractivity contribution >= 4 is 6.09 Å². The summed E-state index contributed by atoms with van der Waals surface area (Å²) in [5.74, 6) is 1.66. The first kappa shape index (κ1) is 24.3. The molecule has 0 fully saturated rings. The third-order valence-electron chi connectivity index (χ3n) is 4.56. The molecular formula is C24H33NO6. The molecule has 0 saturated carbocycles. The molecule has 0 aromatic heterocycles. The van der Waals surface area contributed by atoms with E-state index in [1.807, 2.05) is 64.1 Å². The first-order chi connectivity index (χ1) is 14.7. The predicted octanol–water partition coefficient (Wildman–Crippen LogP) is 4.80. The summed E-state index contributed by atoms with van der Waals surface area (Å²) in [6, 6.07) is 11.1. The van der Waals surface area contributed by atoms with Crippen LogP contribution in [0.3, 0.4) is 0 Å². The number of rotatable bonds is 9. The Morgan fingerprint density at radius 1 is 1.00 bits per heavy atom. The van der Waals surface area contributed by atoms with Crippen LogP contribution in [-0.2, 0) is 16.1 Å². The van der Waals surface area contributed by atoms with E-state index in [9.17, 15) is 4.79 Å². The standard InChI is InChI=1S/C24H33NO6/c1-16-20(27-5)13-18(22(29-7)21(16)28-6)19(25-23(26)31-24(2,3)4)15-30-14-17-11-9-8-10-12-17/h8-13,19H,14-15H2,1-7H3,(H,25,26)/t19-/m1/s1. The monoisotopic (exact) mass is 431 g/mol. The Bertz CT molecular complexity index is 861. The van der Waals surface area contributed by atoms with Crippen LogP contribution >= 0.6 is 0 Å². The fourth-order valence-electron chi connectivity index (χ4n) is 3.18. The lowest BCUT2D eigenvalue weighted by molar-refractivity contribution is 0.0425. The van der Waals surface area contributed by atoms with Gasteiger partial charge in [0.05, 0.1) is 40.6 Å². The van der Waals surface area contributed by atoms with Gasteiger partial charge in [-0.1, -0.05) is 30.3 Å². The fraction of sp³-hybridized carbons (Fsp3) is 0.458. The topological polar surface area (TPSA) is 75.3 Å². The number of nitrogens with one attached hydrogen (secondary N) is 1. The molecule has 7 nitrogen and oxygen atoms in total. The third-order valence-corrected chi connectivity index (χ3v) is 4.56. The van der Waals surface area contributed by atoms with Gasteiger partial charge in [-0.3, -0.25) is 0 Å². The van der Waals surface area contributed by atoms with Crippen molar-refractivity contribution in [2.24, 2.45) is 0 Å². The van der Waals surface area contributed by atoms with Crippen molar-refractivity contribution in [2.75, 3.05) is 27.9 Å². The van der Waals surface area contributed by atoms with Gasteiger partial charge in [0, 0.05) is 11.1 Å². The minimum atomic E-state index is -0.633. The Balaban J connectivity index is 2.37. The van der Waals surface area contributed by atoms with Gasteiger partial charge in [-0.25, -0.2) is 4.79 Å². The zero-order valence-electron chi connectivity index (χ0n) is 19.4. The molecule has 0 heterocycles. The summed E-state index contributed by atoms with van der Waals surface area (Å²) in [6.45, 7) is 7.91. The molecular weight excluding hydrogens is 398 g/mol. The van der Waals surface area contributed by atoms with Gasteiger partial charge in [0.2, 0.25) is 0 Å². The summed E-state index contributed by atoms with van der Waals surface area (Å²) in [5, 5.41) is 2.90. The van der Waals surface area contributed by atoms with E-state index in [-0.39, 0.29) is 6.61 Å². The number of carbonyl (C=O) groups excluding carboxylic acids is 1. The fourth-order valence-corrected chi connectivity index (χ4v) is 3.18. The number of hydrogen-bond acceptors (Lipinski definition) is 6. The Morgan fingerprint density at radius 3 is 2.19 bits per heavy atom. The third kappa shape index (κ3) is 6.79. The molecule has 1 atom stereocenters. The van der Waals surface area contributed by atoms with Crippen molar-refractivity contribution in [1.82, 2.24) is 5.32 Å². The van der Waals surface area contributed by atoms with Gasteiger partial charge in [-0.15, -0.1) is 0 Å². The Labute approximate surface area is 184 Å². The summed E-state index contributed by atoms with van der Waals surface area (Å²) >= 11 is 0. The van der Waals surface area contributed by atoms with Crippen LogP contribution in [0.15, 0.2) is 36.4 Å². The largest absolute Gasteiger partial charge is 0.496 e. The van der Waals surface area contributed by atoms with Crippen molar-refractivity contribution in [3.63, 3.8) is 0 Å². The molecule has 1 N–H and O–H groups in total. The highest BCUT2D eigenvalue weighted by atomic mass is 16.6. The van der Waals surface area contributed by atoms with Gasteiger partial charge in [0.1, 0.15) is 11.4 Å². The van der Waals surface area contributed by atoms with Crippen molar-refractivity contribution in [1.29, 1.82) is 0 Å². The lowest BCUT2D eigenvalue weighted by Gasteiger charge is -2.26. The summed E-state index contributed by atoms with van der Waals surface area (Å²) in [5.41, 5.74) is 1.86. The smallest absolute Gasteiger partial charge is 0.408 e. The van der Waals surface area contributed by atoms with Crippen LogP contribution in [0, 0.1) is 6.92 Å². The van der Waals surface area contributed by atoms with Gasteiger partial charge in [0.25, 0.3) is 0 Å². The Hall–Kier alpha value is -2.93. The lowest BCUT2D eigenvalue weighted by Crippen LogP contribution is -2.37. The van der Waals surface area contributed by atoms with Gasteiger partial charge in [-0.2, -0.15) is 0 Å². The maximum Gasteiger partial charge on any atom is 0.408 e. The minimum absolute atomic E-state index is 0.194. The van der Waals surface area contributed by atoms with Crippen molar-refractivity contribution in [3.8, 4) is 17.2 Å². The second-order valence-corrected chi connectivity index (χ2v) is 8.06. The molecule has 1 amide bonds. The average molecular weight is 432 g/mol. The van der Waals surface area contributed by atoms with Gasteiger partial charge < -0.3 is 29.0 Å². The zero-order chi connectivity index (χ0) is 23.0. The van der Waals surface area contributed by atoms with Crippen LogP contribution in [-0.4, -0.2) is 39.6 Å². The molecule has 2 rings (SSSR count). The first-order valence-corrected chi connectivity index (χ1v) is 10.1. The highest BCUT2D eigenvalue weighted by Crippen LogP contribution is 2.42. The van der Waals surface area contributed by atoms with Crippen LogP contribution < -0.4 is 19.5 Å². The molecule has 7 heteroatoms. The number of alkyl carbamates (subject to hydrolysis) is 1. The number of methoxy groups -OCH3 is 3. The first-order valence-electron chi connectivity index (χ1n) is 10.1. The lowest BCUT2D eigenvalue weighted by atomic mass is 10.0. The van der Waals surface area contributed by atoms with E-state index in [2.05, 4.69) is 5.32 Å². The molecule has 31 heavy (non-hydrogen) atoms. The number of hydrogen-bond donors (Lipinski definition) is 1. The van der Waals surface area contributed by atoms with Crippen LogP contribution in [0.1, 0.15) is 43.5 Å². The predicted molar refractivity (Wildman–Crippen MR) is 119 cm³/mol. The Kier molecular flexibility index (Phi) is 8.56. The van der Waals surface area contributed by atoms with E-state index in [0.29, 0.717) is 29.4 Å². The van der Waals surface area contributed by atoms with E-state index < -0.39 is 17.7 Å².